The largest absolute Gasteiger partial charge is 0.378 e. The standard InChI is InChI=1S/C9H17NO3S/c10-5-9(6-13-7-9)14(11,12)8-3-1-2-4-8/h8H,1-7,10H2. The number of rotatable bonds is 3. The summed E-state index contributed by atoms with van der Waals surface area (Å²) in [5.41, 5.74) is 5.56. The lowest BCUT2D eigenvalue weighted by molar-refractivity contribution is -0.00967. The molecule has 0 atom stereocenters. The number of ether oxygens (including phenoxy) is 1. The fourth-order valence-electron chi connectivity index (χ4n) is 2.28. The third kappa shape index (κ3) is 1.30. The van der Waals surface area contributed by atoms with E-state index in [0.717, 1.165) is 25.7 Å². The molecule has 1 saturated heterocycles. The van der Waals surface area contributed by atoms with Crippen molar-refractivity contribution in [2.75, 3.05) is 19.8 Å². The summed E-state index contributed by atoms with van der Waals surface area (Å²) < 4.78 is 28.7. The highest BCUT2D eigenvalue weighted by Gasteiger charge is 2.52. The van der Waals surface area contributed by atoms with E-state index in [9.17, 15) is 8.42 Å². The van der Waals surface area contributed by atoms with E-state index in [0.29, 0.717) is 13.2 Å². The molecule has 0 aromatic carbocycles. The Bertz CT molecular complexity index is 297. The van der Waals surface area contributed by atoms with E-state index in [1.54, 1.807) is 0 Å². The van der Waals surface area contributed by atoms with Gasteiger partial charge in [0, 0.05) is 6.54 Å². The monoisotopic (exact) mass is 219 g/mol. The van der Waals surface area contributed by atoms with Crippen LogP contribution in [0.2, 0.25) is 0 Å². The molecule has 0 amide bonds. The van der Waals surface area contributed by atoms with Crippen LogP contribution < -0.4 is 5.73 Å². The molecule has 2 aliphatic rings. The Kier molecular flexibility index (Phi) is 2.57. The maximum absolute atomic E-state index is 12.2. The van der Waals surface area contributed by atoms with Gasteiger partial charge in [-0.25, -0.2) is 8.42 Å². The van der Waals surface area contributed by atoms with Gasteiger partial charge in [0.25, 0.3) is 0 Å². The summed E-state index contributed by atoms with van der Waals surface area (Å²) in [5.74, 6) is 0. The summed E-state index contributed by atoms with van der Waals surface area (Å²) in [6.07, 6.45) is 3.69. The van der Waals surface area contributed by atoms with Crippen LogP contribution in [0.25, 0.3) is 0 Å². The molecular formula is C9H17NO3S. The number of sulfone groups is 1. The fraction of sp³-hybridized carbons (Fsp3) is 1.00. The van der Waals surface area contributed by atoms with Crippen molar-refractivity contribution in [2.24, 2.45) is 5.73 Å². The molecule has 4 nitrogen and oxygen atoms in total. The molecule has 5 heteroatoms. The zero-order valence-corrected chi connectivity index (χ0v) is 9.05. The first kappa shape index (κ1) is 10.4. The van der Waals surface area contributed by atoms with Gasteiger partial charge in [0.05, 0.1) is 18.5 Å². The highest BCUT2D eigenvalue weighted by molar-refractivity contribution is 7.93. The molecule has 82 valence electrons. The van der Waals surface area contributed by atoms with Crippen LogP contribution in [0.4, 0.5) is 0 Å². The van der Waals surface area contributed by atoms with E-state index in [1.165, 1.54) is 0 Å². The Morgan fingerprint density at radius 3 is 2.21 bits per heavy atom. The lowest BCUT2D eigenvalue weighted by Crippen LogP contribution is -2.62. The van der Waals surface area contributed by atoms with Gasteiger partial charge in [0.1, 0.15) is 4.75 Å². The zero-order chi connectivity index (χ0) is 10.2. The average molecular weight is 219 g/mol. The van der Waals surface area contributed by atoms with Crippen LogP contribution in [0.3, 0.4) is 0 Å². The van der Waals surface area contributed by atoms with E-state index in [2.05, 4.69) is 0 Å². The Labute approximate surface area is 84.7 Å². The predicted octanol–water partition coefficient (Wildman–Crippen LogP) is 0.0715. The van der Waals surface area contributed by atoms with Crippen molar-refractivity contribution in [1.29, 1.82) is 0 Å². The van der Waals surface area contributed by atoms with Gasteiger partial charge in [-0.3, -0.25) is 0 Å². The molecule has 0 bridgehead atoms. The van der Waals surface area contributed by atoms with Crippen molar-refractivity contribution in [3.05, 3.63) is 0 Å². The molecule has 1 aliphatic carbocycles. The molecule has 2 rings (SSSR count). The van der Waals surface area contributed by atoms with Crippen molar-refractivity contribution < 1.29 is 13.2 Å². The molecule has 0 radical (unpaired) electrons. The van der Waals surface area contributed by atoms with Crippen LogP contribution in [-0.4, -0.2) is 38.2 Å². The van der Waals surface area contributed by atoms with Crippen molar-refractivity contribution in [2.45, 2.75) is 35.7 Å². The van der Waals surface area contributed by atoms with Gasteiger partial charge in [0.15, 0.2) is 9.84 Å². The Morgan fingerprint density at radius 2 is 1.86 bits per heavy atom. The minimum absolute atomic E-state index is 0.157. The molecule has 14 heavy (non-hydrogen) atoms. The Morgan fingerprint density at radius 1 is 1.29 bits per heavy atom. The molecule has 1 aliphatic heterocycles. The van der Waals surface area contributed by atoms with E-state index in [1.807, 2.05) is 0 Å². The zero-order valence-electron chi connectivity index (χ0n) is 8.24. The molecule has 0 aromatic heterocycles. The SMILES string of the molecule is NCC1(S(=O)(=O)C2CCCC2)COC1. The first-order valence-corrected chi connectivity index (χ1v) is 6.68. The minimum Gasteiger partial charge on any atom is -0.378 e. The summed E-state index contributed by atoms with van der Waals surface area (Å²) in [4.78, 5) is 0. The molecule has 0 spiro atoms. The topological polar surface area (TPSA) is 69.4 Å². The summed E-state index contributed by atoms with van der Waals surface area (Å²) in [6, 6.07) is 0. The van der Waals surface area contributed by atoms with Crippen LogP contribution in [0.15, 0.2) is 0 Å². The third-order valence-electron chi connectivity index (χ3n) is 3.45. The lowest BCUT2D eigenvalue weighted by atomic mass is 10.1. The summed E-state index contributed by atoms with van der Waals surface area (Å²) >= 11 is 0. The molecule has 2 fully saturated rings. The molecule has 2 N–H and O–H groups in total. The highest BCUT2D eigenvalue weighted by Crippen LogP contribution is 2.35. The number of nitrogens with two attached hydrogens (primary N) is 1. The van der Waals surface area contributed by atoms with Gasteiger partial charge in [0.2, 0.25) is 0 Å². The average Bonchev–Trinajstić information content (AvgIpc) is 2.53. The molecule has 0 unspecified atom stereocenters. The van der Waals surface area contributed by atoms with E-state index in [4.69, 9.17) is 10.5 Å². The summed E-state index contributed by atoms with van der Waals surface area (Å²) in [6.45, 7) is 0.788. The van der Waals surface area contributed by atoms with Crippen LogP contribution >= 0.6 is 0 Å². The molecule has 0 aromatic rings. The van der Waals surface area contributed by atoms with E-state index >= 15 is 0 Å². The highest BCUT2D eigenvalue weighted by atomic mass is 32.2. The fourth-order valence-corrected chi connectivity index (χ4v) is 4.67. The maximum atomic E-state index is 12.2. The number of hydrogen-bond acceptors (Lipinski definition) is 4. The van der Waals surface area contributed by atoms with Crippen molar-refractivity contribution in [1.82, 2.24) is 0 Å². The van der Waals surface area contributed by atoms with Crippen LogP contribution in [0.1, 0.15) is 25.7 Å². The van der Waals surface area contributed by atoms with Gasteiger partial charge < -0.3 is 10.5 Å². The lowest BCUT2D eigenvalue weighted by Gasteiger charge is -2.41. The van der Waals surface area contributed by atoms with Gasteiger partial charge in [-0.05, 0) is 12.8 Å². The van der Waals surface area contributed by atoms with Crippen molar-refractivity contribution >= 4 is 9.84 Å². The molecule has 1 saturated carbocycles. The maximum Gasteiger partial charge on any atom is 0.164 e. The summed E-state index contributed by atoms with van der Waals surface area (Å²) in [5, 5.41) is -0.157. The van der Waals surface area contributed by atoms with Crippen LogP contribution in [0, 0.1) is 0 Å². The molecule has 1 heterocycles. The number of hydrogen-bond donors (Lipinski definition) is 1. The summed E-state index contributed by atoms with van der Waals surface area (Å²) in [7, 11) is -3.06. The predicted molar refractivity (Wildman–Crippen MR) is 53.8 cm³/mol. The first-order chi connectivity index (χ1) is 6.62. The van der Waals surface area contributed by atoms with Gasteiger partial charge in [-0.1, -0.05) is 12.8 Å². The Hall–Kier alpha value is -0.130. The van der Waals surface area contributed by atoms with Gasteiger partial charge in [-0.15, -0.1) is 0 Å². The Balaban J connectivity index is 2.21. The van der Waals surface area contributed by atoms with Crippen molar-refractivity contribution in [3.63, 3.8) is 0 Å². The quantitative estimate of drug-likeness (QED) is 0.729. The van der Waals surface area contributed by atoms with Gasteiger partial charge in [-0.2, -0.15) is 0 Å². The van der Waals surface area contributed by atoms with Crippen molar-refractivity contribution in [3.8, 4) is 0 Å². The smallest absolute Gasteiger partial charge is 0.164 e. The second-order valence-corrected chi connectivity index (χ2v) is 6.95. The third-order valence-corrected chi connectivity index (χ3v) is 6.41. The second kappa shape index (κ2) is 3.47. The second-order valence-electron chi connectivity index (χ2n) is 4.33. The van der Waals surface area contributed by atoms with Crippen LogP contribution in [-0.2, 0) is 14.6 Å². The minimum atomic E-state index is -3.06. The van der Waals surface area contributed by atoms with E-state index in [-0.39, 0.29) is 11.8 Å². The van der Waals surface area contributed by atoms with Crippen LogP contribution in [0.5, 0.6) is 0 Å². The normalized spacial score (nSPS) is 27.5. The molecular weight excluding hydrogens is 202 g/mol. The van der Waals surface area contributed by atoms with E-state index < -0.39 is 14.6 Å². The van der Waals surface area contributed by atoms with Gasteiger partial charge >= 0.3 is 0 Å². The first-order valence-electron chi connectivity index (χ1n) is 5.14.